The zero-order valence-electron chi connectivity index (χ0n) is 13.4. The number of anilines is 2. The number of pyridine rings is 1. The third-order valence-electron chi connectivity index (χ3n) is 3.89. The van der Waals surface area contributed by atoms with Crippen LogP contribution in [0.3, 0.4) is 0 Å². The number of nitrogens with one attached hydrogen (secondary N) is 2. The van der Waals surface area contributed by atoms with Crippen LogP contribution < -0.4 is 21.5 Å². The molecule has 6 heteroatoms. The number of hydrogen-bond donors (Lipinski definition) is 2. The lowest BCUT2D eigenvalue weighted by molar-refractivity contribution is -0.108. The van der Waals surface area contributed by atoms with E-state index in [0.29, 0.717) is 13.0 Å². The Balaban J connectivity index is 1.69. The number of hydrogen-bond acceptors (Lipinski definition) is 6. The molecule has 0 aliphatic carbocycles. The van der Waals surface area contributed by atoms with Crippen molar-refractivity contribution in [2.45, 2.75) is 19.0 Å². The van der Waals surface area contributed by atoms with E-state index in [1.807, 2.05) is 36.4 Å². The Morgan fingerprint density at radius 3 is 2.36 bits per heavy atom. The smallest absolute Gasteiger partial charge is 0.253 e. The summed E-state index contributed by atoms with van der Waals surface area (Å²) >= 11 is 0. The molecule has 126 valence electrons. The van der Waals surface area contributed by atoms with Crippen molar-refractivity contribution in [3.8, 4) is 0 Å². The summed E-state index contributed by atoms with van der Waals surface area (Å²) in [6, 6.07) is 12.5. The molecule has 0 aliphatic heterocycles. The predicted octanol–water partition coefficient (Wildman–Crippen LogP) is 1.51. The molecular formula is C19H17N3O3. The van der Waals surface area contributed by atoms with Crippen molar-refractivity contribution < 1.29 is 4.79 Å². The highest BCUT2D eigenvalue weighted by molar-refractivity contribution is 5.77. The Hall–Kier alpha value is -3.28. The number of nitrogens with zero attached hydrogens (tertiary/aromatic N) is 1. The van der Waals surface area contributed by atoms with Crippen LogP contribution in [0.5, 0.6) is 0 Å². The van der Waals surface area contributed by atoms with Crippen LogP contribution in [0.4, 0.5) is 11.4 Å². The highest BCUT2D eigenvalue weighted by atomic mass is 16.2. The summed E-state index contributed by atoms with van der Waals surface area (Å²) in [6.07, 6.45) is 4.52. The van der Waals surface area contributed by atoms with Crippen molar-refractivity contribution in [2.75, 3.05) is 10.6 Å². The molecule has 0 aliphatic rings. The molecule has 0 fully saturated rings. The van der Waals surface area contributed by atoms with Gasteiger partial charge in [-0.2, -0.15) is 0 Å². The summed E-state index contributed by atoms with van der Waals surface area (Å²) in [5, 5.41) is 5.83. The van der Waals surface area contributed by atoms with Crippen molar-refractivity contribution >= 4 is 17.7 Å². The largest absolute Gasteiger partial charge is 0.376 e. The van der Waals surface area contributed by atoms with E-state index >= 15 is 0 Å². The van der Waals surface area contributed by atoms with Crippen molar-refractivity contribution in [3.63, 3.8) is 0 Å². The third kappa shape index (κ3) is 3.80. The molecule has 0 amide bonds. The first-order valence-corrected chi connectivity index (χ1v) is 7.91. The van der Waals surface area contributed by atoms with Crippen LogP contribution in [-0.2, 0) is 17.8 Å². The zero-order valence-corrected chi connectivity index (χ0v) is 13.4. The lowest BCUT2D eigenvalue weighted by Gasteiger charge is -2.19. The van der Waals surface area contributed by atoms with Gasteiger partial charge in [0.2, 0.25) is 0 Å². The standard InChI is InChI=1S/C19H17N3O3/c23-12-15(9-13-5-2-1-3-6-13)22-17-16(18(24)19(17)25)21-11-14-7-4-8-20-10-14/h1-8,10,12,15,21-22H,9,11H2. The van der Waals surface area contributed by atoms with Crippen LogP contribution in [0.2, 0.25) is 0 Å². The molecule has 6 nitrogen and oxygen atoms in total. The van der Waals surface area contributed by atoms with Gasteiger partial charge < -0.3 is 15.4 Å². The van der Waals surface area contributed by atoms with Crippen LogP contribution in [0.25, 0.3) is 0 Å². The number of rotatable bonds is 8. The van der Waals surface area contributed by atoms with Gasteiger partial charge in [0.05, 0.1) is 6.04 Å². The quantitative estimate of drug-likeness (QED) is 0.479. The molecular weight excluding hydrogens is 318 g/mol. The number of aromatic nitrogens is 1. The molecule has 2 N–H and O–H groups in total. The second kappa shape index (κ2) is 7.53. The SMILES string of the molecule is O=CC(Cc1ccccc1)Nc1c(NCc2cccnc2)c(=O)c1=O. The van der Waals surface area contributed by atoms with E-state index < -0.39 is 16.9 Å². The first-order valence-electron chi connectivity index (χ1n) is 7.91. The topological polar surface area (TPSA) is 88.2 Å². The van der Waals surface area contributed by atoms with Gasteiger partial charge in [-0.05, 0) is 23.6 Å². The van der Waals surface area contributed by atoms with Gasteiger partial charge >= 0.3 is 0 Å². The molecule has 0 radical (unpaired) electrons. The Morgan fingerprint density at radius 2 is 1.68 bits per heavy atom. The maximum atomic E-state index is 11.8. The van der Waals surface area contributed by atoms with E-state index in [9.17, 15) is 14.4 Å². The first kappa shape index (κ1) is 16.6. The molecule has 3 aromatic rings. The maximum Gasteiger partial charge on any atom is 0.253 e. The average molecular weight is 335 g/mol. The van der Waals surface area contributed by atoms with Crippen molar-refractivity contribution in [3.05, 3.63) is 86.4 Å². The molecule has 2 aromatic carbocycles. The molecule has 1 aromatic heterocycles. The fraction of sp³-hybridized carbons (Fsp3) is 0.158. The van der Waals surface area contributed by atoms with Crippen LogP contribution in [0.1, 0.15) is 11.1 Å². The average Bonchev–Trinajstić information content (AvgIpc) is 2.67. The van der Waals surface area contributed by atoms with Gasteiger partial charge in [-0.15, -0.1) is 0 Å². The summed E-state index contributed by atoms with van der Waals surface area (Å²) in [4.78, 5) is 39.0. The van der Waals surface area contributed by atoms with Crippen molar-refractivity contribution in [2.24, 2.45) is 0 Å². The minimum atomic E-state index is -0.603. The number of benzene rings is 1. The van der Waals surface area contributed by atoms with E-state index in [2.05, 4.69) is 15.6 Å². The van der Waals surface area contributed by atoms with Crippen molar-refractivity contribution in [1.29, 1.82) is 0 Å². The molecule has 0 spiro atoms. The van der Waals surface area contributed by atoms with Gasteiger partial charge in [0, 0.05) is 18.9 Å². The second-order valence-corrected chi connectivity index (χ2v) is 5.70. The van der Waals surface area contributed by atoms with E-state index in [4.69, 9.17) is 0 Å². The molecule has 3 rings (SSSR count). The monoisotopic (exact) mass is 335 g/mol. The lowest BCUT2D eigenvalue weighted by Crippen LogP contribution is -2.40. The molecule has 0 bridgehead atoms. The molecule has 1 unspecified atom stereocenters. The molecule has 1 atom stereocenters. The summed E-state index contributed by atoms with van der Waals surface area (Å²) in [6.45, 7) is 0.373. The summed E-state index contributed by atoms with van der Waals surface area (Å²) < 4.78 is 0. The zero-order chi connectivity index (χ0) is 17.6. The van der Waals surface area contributed by atoms with Crippen LogP contribution in [0.15, 0.2) is 64.4 Å². The Kier molecular flexibility index (Phi) is 4.99. The van der Waals surface area contributed by atoms with Gasteiger partial charge in [-0.1, -0.05) is 36.4 Å². The first-order chi connectivity index (χ1) is 12.2. The van der Waals surface area contributed by atoms with Crippen LogP contribution in [0, 0.1) is 0 Å². The number of aldehydes is 1. The number of carbonyl (C=O) groups is 1. The molecule has 0 saturated heterocycles. The highest BCUT2D eigenvalue weighted by Crippen LogP contribution is 2.17. The normalized spacial score (nSPS) is 11.8. The van der Waals surface area contributed by atoms with E-state index in [0.717, 1.165) is 17.4 Å². The lowest BCUT2D eigenvalue weighted by atomic mass is 10.1. The van der Waals surface area contributed by atoms with E-state index in [1.165, 1.54) is 0 Å². The fourth-order valence-corrected chi connectivity index (χ4v) is 2.58. The van der Waals surface area contributed by atoms with Crippen LogP contribution in [-0.4, -0.2) is 17.3 Å². The number of carbonyl (C=O) groups excluding carboxylic acids is 1. The summed E-state index contributed by atoms with van der Waals surface area (Å²) in [5.74, 6) is 0. The summed E-state index contributed by atoms with van der Waals surface area (Å²) in [5.41, 5.74) is 1.06. The Morgan fingerprint density at radius 1 is 0.960 bits per heavy atom. The summed E-state index contributed by atoms with van der Waals surface area (Å²) in [7, 11) is 0. The molecule has 25 heavy (non-hydrogen) atoms. The minimum Gasteiger partial charge on any atom is -0.376 e. The molecule has 1 heterocycles. The minimum absolute atomic E-state index is 0.168. The second-order valence-electron chi connectivity index (χ2n) is 5.70. The van der Waals surface area contributed by atoms with Crippen molar-refractivity contribution in [1.82, 2.24) is 4.98 Å². The highest BCUT2D eigenvalue weighted by Gasteiger charge is 2.23. The van der Waals surface area contributed by atoms with E-state index in [-0.39, 0.29) is 11.4 Å². The van der Waals surface area contributed by atoms with Crippen LogP contribution >= 0.6 is 0 Å². The Bertz CT molecular complexity index is 916. The van der Waals surface area contributed by atoms with Gasteiger partial charge in [0.25, 0.3) is 10.9 Å². The van der Waals surface area contributed by atoms with Gasteiger partial charge in [-0.25, -0.2) is 0 Å². The third-order valence-corrected chi connectivity index (χ3v) is 3.89. The Labute approximate surface area is 144 Å². The molecule has 0 saturated carbocycles. The van der Waals surface area contributed by atoms with Gasteiger partial charge in [0.1, 0.15) is 17.7 Å². The van der Waals surface area contributed by atoms with E-state index in [1.54, 1.807) is 18.5 Å². The van der Waals surface area contributed by atoms with Gasteiger partial charge in [-0.3, -0.25) is 14.6 Å². The van der Waals surface area contributed by atoms with Gasteiger partial charge in [0.15, 0.2) is 0 Å². The maximum absolute atomic E-state index is 11.8. The predicted molar refractivity (Wildman–Crippen MR) is 96.5 cm³/mol. The fourth-order valence-electron chi connectivity index (χ4n) is 2.58.